The molecule has 0 spiro atoms. The second-order valence-corrected chi connectivity index (χ2v) is 6.75. The number of methoxy groups -OCH3 is 2. The Bertz CT molecular complexity index is 1270. The van der Waals surface area contributed by atoms with Crippen LogP contribution in [-0.4, -0.2) is 35.1 Å². The minimum Gasteiger partial charge on any atom is -0.493 e. The van der Waals surface area contributed by atoms with E-state index in [9.17, 15) is 4.79 Å². The number of anilines is 1. The fourth-order valence-corrected chi connectivity index (χ4v) is 3.48. The van der Waals surface area contributed by atoms with Crippen LogP contribution in [0, 0.1) is 0 Å². The predicted octanol–water partition coefficient (Wildman–Crippen LogP) is 3.50. The lowest BCUT2D eigenvalue weighted by atomic mass is 9.96. The van der Waals surface area contributed by atoms with Gasteiger partial charge in [-0.05, 0) is 42.0 Å². The minimum absolute atomic E-state index is 0.166. The van der Waals surface area contributed by atoms with Gasteiger partial charge in [-0.1, -0.05) is 18.2 Å². The van der Waals surface area contributed by atoms with Crippen molar-refractivity contribution in [3.05, 3.63) is 66.4 Å². The molecule has 0 fully saturated rings. The number of rotatable bonds is 6. The van der Waals surface area contributed by atoms with E-state index in [2.05, 4.69) is 15.0 Å². The molecule has 0 atom stereocenters. The molecule has 31 heavy (non-hydrogen) atoms. The van der Waals surface area contributed by atoms with E-state index in [1.165, 1.54) is 0 Å². The van der Waals surface area contributed by atoms with Crippen LogP contribution in [0.3, 0.4) is 0 Å². The van der Waals surface area contributed by atoms with Crippen LogP contribution < -0.4 is 20.9 Å². The summed E-state index contributed by atoms with van der Waals surface area (Å²) in [7, 11) is 3.16. The number of carbonyl (C=O) groups is 1. The Morgan fingerprint density at radius 3 is 2.45 bits per heavy atom. The molecule has 2 aromatic heterocycles. The predicted molar refractivity (Wildman–Crippen MR) is 119 cm³/mol. The first-order valence-corrected chi connectivity index (χ1v) is 9.45. The Hall–Kier alpha value is -4.33. The molecule has 2 aromatic carbocycles. The van der Waals surface area contributed by atoms with Gasteiger partial charge in [-0.15, -0.1) is 0 Å². The number of nitrogens with zero attached hydrogens (tertiary/aromatic N) is 2. The van der Waals surface area contributed by atoms with Crippen LogP contribution in [0.5, 0.6) is 11.5 Å². The zero-order chi connectivity index (χ0) is 22.0. The standard InChI is InChI=1S/C23H21N5O3/c1-30-19-8-7-13(11-20(19)31-2)21-16(14-5-3-4-6-15(14)22(24)29)12-18(27-21)17-9-10-26-23(25)28-17/h3-12,27H,1-2H3,(H2,24,29)(H2,25,26,28). The molecule has 0 aliphatic heterocycles. The number of hydrogen-bond donors (Lipinski definition) is 3. The number of nitrogen functional groups attached to an aromatic ring is 1. The van der Waals surface area contributed by atoms with E-state index in [0.29, 0.717) is 34.0 Å². The van der Waals surface area contributed by atoms with Gasteiger partial charge in [0.25, 0.3) is 0 Å². The van der Waals surface area contributed by atoms with Gasteiger partial charge in [-0.2, -0.15) is 0 Å². The number of nitrogens with two attached hydrogens (primary N) is 2. The highest BCUT2D eigenvalue weighted by Crippen LogP contribution is 2.40. The highest BCUT2D eigenvalue weighted by Gasteiger charge is 2.19. The van der Waals surface area contributed by atoms with Crippen LogP contribution in [-0.2, 0) is 0 Å². The fraction of sp³-hybridized carbons (Fsp3) is 0.0870. The number of benzene rings is 2. The van der Waals surface area contributed by atoms with E-state index in [1.807, 2.05) is 36.4 Å². The number of aromatic amines is 1. The van der Waals surface area contributed by atoms with Gasteiger partial charge in [0.2, 0.25) is 11.9 Å². The maximum absolute atomic E-state index is 12.1. The van der Waals surface area contributed by atoms with Crippen molar-refractivity contribution in [1.82, 2.24) is 15.0 Å². The SMILES string of the molecule is COc1ccc(-c2[nH]c(-c3ccnc(N)n3)cc2-c2ccccc2C(N)=O)cc1OC. The second kappa shape index (κ2) is 8.19. The zero-order valence-electron chi connectivity index (χ0n) is 17.0. The number of carbonyl (C=O) groups excluding carboxylic acids is 1. The van der Waals surface area contributed by atoms with Crippen LogP contribution in [0.15, 0.2) is 60.8 Å². The molecule has 4 aromatic rings. The molecule has 2 heterocycles. The Morgan fingerprint density at radius 1 is 0.968 bits per heavy atom. The van der Waals surface area contributed by atoms with Gasteiger partial charge < -0.3 is 25.9 Å². The molecule has 0 unspecified atom stereocenters. The van der Waals surface area contributed by atoms with Crippen LogP contribution in [0.2, 0.25) is 0 Å². The number of aromatic nitrogens is 3. The molecule has 5 N–H and O–H groups in total. The highest BCUT2D eigenvalue weighted by molar-refractivity contribution is 6.02. The summed E-state index contributed by atoms with van der Waals surface area (Å²) >= 11 is 0. The number of ether oxygens (including phenoxy) is 2. The summed E-state index contributed by atoms with van der Waals surface area (Å²) in [5, 5.41) is 0. The summed E-state index contributed by atoms with van der Waals surface area (Å²) in [5.74, 6) is 0.846. The molecular weight excluding hydrogens is 394 g/mol. The van der Waals surface area contributed by atoms with Crippen molar-refractivity contribution in [3.8, 4) is 45.3 Å². The van der Waals surface area contributed by atoms with E-state index in [4.69, 9.17) is 20.9 Å². The molecule has 0 aliphatic rings. The first-order chi connectivity index (χ1) is 15.0. The van der Waals surface area contributed by atoms with Crippen LogP contribution >= 0.6 is 0 Å². The number of H-pyrrole nitrogens is 1. The summed E-state index contributed by atoms with van der Waals surface area (Å²) in [5.41, 5.74) is 16.2. The van der Waals surface area contributed by atoms with Gasteiger partial charge in [0, 0.05) is 22.9 Å². The summed E-state index contributed by atoms with van der Waals surface area (Å²) in [6, 6.07) is 16.4. The largest absolute Gasteiger partial charge is 0.493 e. The van der Waals surface area contributed by atoms with Crippen LogP contribution in [0.1, 0.15) is 10.4 Å². The monoisotopic (exact) mass is 415 g/mol. The van der Waals surface area contributed by atoms with Gasteiger partial charge >= 0.3 is 0 Å². The molecule has 156 valence electrons. The van der Waals surface area contributed by atoms with E-state index in [1.54, 1.807) is 38.6 Å². The number of amides is 1. The van der Waals surface area contributed by atoms with E-state index in [0.717, 1.165) is 16.8 Å². The van der Waals surface area contributed by atoms with Gasteiger partial charge in [-0.25, -0.2) is 9.97 Å². The van der Waals surface area contributed by atoms with Crippen molar-refractivity contribution in [2.24, 2.45) is 5.73 Å². The van der Waals surface area contributed by atoms with E-state index < -0.39 is 5.91 Å². The average Bonchev–Trinajstić information content (AvgIpc) is 3.24. The van der Waals surface area contributed by atoms with Gasteiger partial charge in [-0.3, -0.25) is 4.79 Å². The van der Waals surface area contributed by atoms with Crippen molar-refractivity contribution < 1.29 is 14.3 Å². The molecular formula is C23H21N5O3. The first kappa shape index (κ1) is 20.0. The normalized spacial score (nSPS) is 10.6. The molecule has 8 nitrogen and oxygen atoms in total. The molecule has 1 amide bonds. The van der Waals surface area contributed by atoms with Crippen LogP contribution in [0.4, 0.5) is 5.95 Å². The Labute approximate surface area is 178 Å². The molecule has 0 saturated carbocycles. The lowest BCUT2D eigenvalue weighted by molar-refractivity contribution is 0.100. The number of nitrogens with one attached hydrogen (secondary N) is 1. The third-order valence-electron chi connectivity index (χ3n) is 4.92. The third kappa shape index (κ3) is 3.78. The van der Waals surface area contributed by atoms with Crippen molar-refractivity contribution in [3.63, 3.8) is 0 Å². The molecule has 0 radical (unpaired) electrons. The fourth-order valence-electron chi connectivity index (χ4n) is 3.48. The maximum atomic E-state index is 12.1. The zero-order valence-corrected chi connectivity index (χ0v) is 17.0. The van der Waals surface area contributed by atoms with E-state index >= 15 is 0 Å². The summed E-state index contributed by atoms with van der Waals surface area (Å²) in [6.45, 7) is 0. The molecule has 8 heteroatoms. The molecule has 0 aliphatic carbocycles. The third-order valence-corrected chi connectivity index (χ3v) is 4.92. The summed E-state index contributed by atoms with van der Waals surface area (Å²) in [6.07, 6.45) is 1.59. The second-order valence-electron chi connectivity index (χ2n) is 6.75. The molecule has 0 saturated heterocycles. The number of hydrogen-bond acceptors (Lipinski definition) is 6. The van der Waals surface area contributed by atoms with Crippen molar-refractivity contribution in [1.29, 1.82) is 0 Å². The quantitative estimate of drug-likeness (QED) is 0.442. The average molecular weight is 415 g/mol. The number of primary amides is 1. The van der Waals surface area contributed by atoms with Crippen molar-refractivity contribution in [2.75, 3.05) is 20.0 Å². The van der Waals surface area contributed by atoms with Crippen LogP contribution in [0.25, 0.3) is 33.8 Å². The van der Waals surface area contributed by atoms with Gasteiger partial charge in [0.05, 0.1) is 31.3 Å². The first-order valence-electron chi connectivity index (χ1n) is 9.45. The lowest BCUT2D eigenvalue weighted by Gasteiger charge is -2.11. The smallest absolute Gasteiger partial charge is 0.249 e. The van der Waals surface area contributed by atoms with Crippen molar-refractivity contribution >= 4 is 11.9 Å². The Kier molecular flexibility index (Phi) is 5.28. The topological polar surface area (TPSA) is 129 Å². The highest BCUT2D eigenvalue weighted by atomic mass is 16.5. The lowest BCUT2D eigenvalue weighted by Crippen LogP contribution is -2.12. The Balaban J connectivity index is 1.97. The van der Waals surface area contributed by atoms with Gasteiger partial charge in [0.15, 0.2) is 11.5 Å². The maximum Gasteiger partial charge on any atom is 0.249 e. The minimum atomic E-state index is -0.511. The van der Waals surface area contributed by atoms with Gasteiger partial charge in [0.1, 0.15) is 0 Å². The summed E-state index contributed by atoms with van der Waals surface area (Å²) in [4.78, 5) is 23.7. The Morgan fingerprint density at radius 2 is 1.74 bits per heavy atom. The van der Waals surface area contributed by atoms with E-state index in [-0.39, 0.29) is 5.95 Å². The molecule has 0 bridgehead atoms. The van der Waals surface area contributed by atoms with Crippen molar-refractivity contribution in [2.45, 2.75) is 0 Å². The summed E-state index contributed by atoms with van der Waals surface area (Å²) < 4.78 is 10.8. The molecule has 4 rings (SSSR count).